The van der Waals surface area contributed by atoms with Crippen molar-refractivity contribution < 1.29 is 14.3 Å². The first-order chi connectivity index (χ1) is 13.1. The topological polar surface area (TPSA) is 52.5 Å². The summed E-state index contributed by atoms with van der Waals surface area (Å²) in [4.78, 5) is 14.2. The molecule has 1 aliphatic heterocycles. The number of para-hydroxylation sites is 2. The van der Waals surface area contributed by atoms with Gasteiger partial charge in [-0.05, 0) is 18.2 Å². The minimum Gasteiger partial charge on any atom is -0.493 e. The summed E-state index contributed by atoms with van der Waals surface area (Å²) < 4.78 is 12.9. The van der Waals surface area contributed by atoms with E-state index >= 15 is 0 Å². The summed E-state index contributed by atoms with van der Waals surface area (Å²) in [5.41, 5.74) is 2.74. The van der Waals surface area contributed by atoms with Gasteiger partial charge in [0.1, 0.15) is 5.69 Å². The third-order valence-corrected chi connectivity index (χ3v) is 5.94. The lowest BCUT2D eigenvalue weighted by Crippen LogP contribution is -2.27. The Bertz CT molecular complexity index is 1010. The van der Waals surface area contributed by atoms with Crippen molar-refractivity contribution in [3.63, 3.8) is 0 Å². The van der Waals surface area contributed by atoms with E-state index in [-0.39, 0.29) is 5.91 Å². The first kappa shape index (κ1) is 17.8. The highest BCUT2D eigenvalue weighted by atomic mass is 32.2. The van der Waals surface area contributed by atoms with Gasteiger partial charge in [0, 0.05) is 34.2 Å². The highest BCUT2D eigenvalue weighted by Crippen LogP contribution is 2.38. The molecule has 0 fully saturated rings. The van der Waals surface area contributed by atoms with Gasteiger partial charge in [-0.25, -0.2) is 0 Å². The fraction of sp³-hybridized carbons (Fsp3) is 0.286. The Morgan fingerprint density at radius 1 is 1.22 bits per heavy atom. The zero-order valence-electron chi connectivity index (χ0n) is 15.6. The van der Waals surface area contributed by atoms with E-state index in [0.717, 1.165) is 23.0 Å². The molecule has 4 rings (SSSR count). The average Bonchev–Trinajstić information content (AvgIpc) is 3.05. The molecule has 140 valence electrons. The molecule has 0 aliphatic carbocycles. The number of rotatable bonds is 5. The standard InChI is InChI=1S/C21H22N2O3S/c1-13-12-23-16(10-14-6-5-9-18(27-13)19(14)23)21(24)22-11-15-7-4-8-17(25-2)20(15)26-3/h4-10,13H,11-12H2,1-3H3,(H,22,24). The highest BCUT2D eigenvalue weighted by Gasteiger charge is 2.24. The number of methoxy groups -OCH3 is 2. The first-order valence-corrected chi connectivity index (χ1v) is 9.77. The van der Waals surface area contributed by atoms with Crippen LogP contribution in [-0.4, -0.2) is 29.9 Å². The lowest BCUT2D eigenvalue weighted by atomic mass is 10.2. The number of nitrogens with zero attached hydrogens (tertiary/aromatic N) is 1. The number of hydrogen-bond acceptors (Lipinski definition) is 4. The van der Waals surface area contributed by atoms with E-state index in [0.29, 0.717) is 29.0 Å². The molecular formula is C21H22N2O3S. The molecule has 0 radical (unpaired) electrons. The number of thioether (sulfide) groups is 1. The normalized spacial score (nSPS) is 15.6. The van der Waals surface area contributed by atoms with Crippen LogP contribution in [0.2, 0.25) is 0 Å². The van der Waals surface area contributed by atoms with Gasteiger partial charge in [0.15, 0.2) is 11.5 Å². The predicted molar refractivity (Wildman–Crippen MR) is 108 cm³/mol. The van der Waals surface area contributed by atoms with Crippen LogP contribution in [0.1, 0.15) is 23.0 Å². The van der Waals surface area contributed by atoms with Gasteiger partial charge in [-0.3, -0.25) is 4.79 Å². The number of carbonyl (C=O) groups excluding carboxylic acids is 1. The van der Waals surface area contributed by atoms with Gasteiger partial charge in [0.05, 0.1) is 19.7 Å². The zero-order valence-corrected chi connectivity index (χ0v) is 16.4. The monoisotopic (exact) mass is 382 g/mol. The van der Waals surface area contributed by atoms with Crippen molar-refractivity contribution in [3.8, 4) is 11.5 Å². The van der Waals surface area contributed by atoms with E-state index in [1.165, 1.54) is 4.90 Å². The number of benzene rings is 2. The predicted octanol–water partition coefficient (Wildman–Crippen LogP) is 4.08. The molecule has 1 atom stereocenters. The quantitative estimate of drug-likeness (QED) is 0.722. The van der Waals surface area contributed by atoms with Crippen LogP contribution in [0.3, 0.4) is 0 Å². The zero-order chi connectivity index (χ0) is 19.0. The molecule has 0 saturated heterocycles. The Labute approximate surface area is 162 Å². The Kier molecular flexibility index (Phi) is 4.74. The van der Waals surface area contributed by atoms with Crippen LogP contribution in [0, 0.1) is 0 Å². The van der Waals surface area contributed by atoms with Crippen molar-refractivity contribution in [1.82, 2.24) is 9.88 Å². The lowest BCUT2D eigenvalue weighted by molar-refractivity contribution is 0.0941. The summed E-state index contributed by atoms with van der Waals surface area (Å²) in [6, 6.07) is 13.9. The Balaban J connectivity index is 1.62. The second-order valence-electron chi connectivity index (χ2n) is 6.60. The van der Waals surface area contributed by atoms with Crippen molar-refractivity contribution in [1.29, 1.82) is 0 Å². The molecule has 1 aliphatic rings. The Hall–Kier alpha value is -2.60. The van der Waals surface area contributed by atoms with E-state index in [4.69, 9.17) is 9.47 Å². The SMILES string of the molecule is COc1cccc(CNC(=O)c2cc3cccc4c3n2CC(C)S4)c1OC. The summed E-state index contributed by atoms with van der Waals surface area (Å²) >= 11 is 1.87. The summed E-state index contributed by atoms with van der Waals surface area (Å²) in [5.74, 6) is 1.22. The molecule has 0 bridgehead atoms. The number of aromatic nitrogens is 1. The van der Waals surface area contributed by atoms with E-state index in [9.17, 15) is 4.79 Å². The Morgan fingerprint density at radius 3 is 2.81 bits per heavy atom. The fourth-order valence-corrected chi connectivity index (χ4v) is 4.79. The third-order valence-electron chi connectivity index (χ3n) is 4.81. The summed E-state index contributed by atoms with van der Waals surface area (Å²) in [6.07, 6.45) is 0. The van der Waals surface area contributed by atoms with Crippen molar-refractivity contribution in [2.45, 2.75) is 30.2 Å². The molecule has 6 heteroatoms. The molecule has 0 spiro atoms. The molecule has 27 heavy (non-hydrogen) atoms. The van der Waals surface area contributed by atoms with Crippen LogP contribution in [0.5, 0.6) is 11.5 Å². The fourth-order valence-electron chi connectivity index (χ4n) is 3.63. The van der Waals surface area contributed by atoms with Crippen LogP contribution in [-0.2, 0) is 13.1 Å². The van der Waals surface area contributed by atoms with E-state index in [1.54, 1.807) is 14.2 Å². The maximum atomic E-state index is 13.0. The molecule has 1 aromatic heterocycles. The van der Waals surface area contributed by atoms with Crippen LogP contribution in [0.25, 0.3) is 10.9 Å². The number of amides is 1. The lowest BCUT2D eigenvalue weighted by Gasteiger charge is -2.22. The molecule has 0 saturated carbocycles. The third kappa shape index (κ3) is 3.14. The van der Waals surface area contributed by atoms with Crippen LogP contribution >= 0.6 is 11.8 Å². The van der Waals surface area contributed by atoms with Gasteiger partial charge in [-0.1, -0.05) is 31.2 Å². The van der Waals surface area contributed by atoms with Crippen LogP contribution in [0.15, 0.2) is 47.4 Å². The average molecular weight is 382 g/mol. The van der Waals surface area contributed by atoms with Crippen molar-refractivity contribution >= 4 is 28.6 Å². The summed E-state index contributed by atoms with van der Waals surface area (Å²) in [7, 11) is 3.21. The van der Waals surface area contributed by atoms with E-state index in [1.807, 2.05) is 36.0 Å². The van der Waals surface area contributed by atoms with Gasteiger partial charge in [-0.2, -0.15) is 0 Å². The molecule has 2 aromatic carbocycles. The molecular weight excluding hydrogens is 360 g/mol. The summed E-state index contributed by atoms with van der Waals surface area (Å²) in [6.45, 7) is 3.39. The number of carbonyl (C=O) groups is 1. The van der Waals surface area contributed by atoms with Gasteiger partial charge in [0.25, 0.3) is 5.91 Å². The second-order valence-corrected chi connectivity index (χ2v) is 8.08. The highest BCUT2D eigenvalue weighted by molar-refractivity contribution is 8.00. The molecule has 3 aromatic rings. The van der Waals surface area contributed by atoms with E-state index in [2.05, 4.69) is 35.0 Å². The van der Waals surface area contributed by atoms with Crippen molar-refractivity contribution in [3.05, 3.63) is 53.7 Å². The maximum absolute atomic E-state index is 13.0. The second kappa shape index (κ2) is 7.19. The largest absolute Gasteiger partial charge is 0.493 e. The maximum Gasteiger partial charge on any atom is 0.268 e. The van der Waals surface area contributed by atoms with Gasteiger partial charge in [-0.15, -0.1) is 11.8 Å². The summed E-state index contributed by atoms with van der Waals surface area (Å²) in [5, 5.41) is 4.57. The van der Waals surface area contributed by atoms with Gasteiger partial charge >= 0.3 is 0 Å². The number of nitrogens with one attached hydrogen (secondary N) is 1. The molecule has 2 heterocycles. The van der Waals surface area contributed by atoms with Gasteiger partial charge < -0.3 is 19.4 Å². The molecule has 5 nitrogen and oxygen atoms in total. The van der Waals surface area contributed by atoms with Gasteiger partial charge in [0.2, 0.25) is 0 Å². The van der Waals surface area contributed by atoms with Crippen molar-refractivity contribution in [2.75, 3.05) is 14.2 Å². The molecule has 1 unspecified atom stereocenters. The van der Waals surface area contributed by atoms with Crippen LogP contribution < -0.4 is 14.8 Å². The van der Waals surface area contributed by atoms with E-state index < -0.39 is 0 Å². The number of hydrogen-bond donors (Lipinski definition) is 1. The molecule has 1 amide bonds. The smallest absolute Gasteiger partial charge is 0.268 e. The number of ether oxygens (including phenoxy) is 2. The minimum atomic E-state index is -0.0823. The first-order valence-electron chi connectivity index (χ1n) is 8.89. The molecule has 1 N–H and O–H groups in total. The van der Waals surface area contributed by atoms with Crippen molar-refractivity contribution in [2.24, 2.45) is 0 Å². The minimum absolute atomic E-state index is 0.0823. The Morgan fingerprint density at radius 2 is 2.04 bits per heavy atom. The van der Waals surface area contributed by atoms with Crippen LogP contribution in [0.4, 0.5) is 0 Å².